The van der Waals surface area contributed by atoms with Crippen LogP contribution in [0.15, 0.2) is 0 Å². The number of unbranched alkanes of at least 4 members (excludes halogenated alkanes) is 3. The van der Waals surface area contributed by atoms with Crippen molar-refractivity contribution >= 4 is 47.0 Å². The molecule has 2 aliphatic rings. The summed E-state index contributed by atoms with van der Waals surface area (Å²) >= 11 is 0. The summed E-state index contributed by atoms with van der Waals surface area (Å²) < 4.78 is 11.6. The average molecular weight is 1020 g/mol. The number of carbonyl (C=O) groups is 8. The van der Waals surface area contributed by atoms with Crippen LogP contribution in [0.5, 0.6) is 0 Å². The van der Waals surface area contributed by atoms with E-state index in [0.29, 0.717) is 77.7 Å². The number of nitrogens with one attached hydrogen (secondary N) is 5. The molecule has 0 aliphatic heterocycles. The number of hydrogen-bond donors (Lipinski definition) is 7. The van der Waals surface area contributed by atoms with Crippen molar-refractivity contribution in [3.8, 4) is 0 Å². The zero-order valence-electron chi connectivity index (χ0n) is 45.1. The lowest BCUT2D eigenvalue weighted by Crippen LogP contribution is -2.40. The lowest BCUT2D eigenvalue weighted by Gasteiger charge is -2.28. The first-order chi connectivity index (χ1) is 34.8. The largest absolute Gasteiger partial charge is 0.465 e. The summed E-state index contributed by atoms with van der Waals surface area (Å²) in [6, 6.07) is 0. The smallest absolute Gasteiger partial charge is 0.309 e. The Morgan fingerprint density at radius 1 is 0.458 bits per heavy atom. The molecule has 0 radical (unpaired) electrons. The van der Waals surface area contributed by atoms with Gasteiger partial charge >= 0.3 is 11.9 Å². The first-order valence-electron chi connectivity index (χ1n) is 28.3. The Morgan fingerprint density at radius 2 is 0.903 bits per heavy atom. The van der Waals surface area contributed by atoms with E-state index in [0.717, 1.165) is 70.1 Å². The van der Waals surface area contributed by atoms with Crippen LogP contribution in [0.4, 0.5) is 0 Å². The van der Waals surface area contributed by atoms with E-state index in [1.54, 1.807) is 0 Å². The first-order valence-corrected chi connectivity index (χ1v) is 28.3. The maximum absolute atomic E-state index is 14.5. The molecular weight excluding hydrogens is 919 g/mol. The summed E-state index contributed by atoms with van der Waals surface area (Å²) in [5.41, 5.74) is 11.1. The second-order valence-electron chi connectivity index (χ2n) is 20.9. The second-order valence-corrected chi connectivity index (χ2v) is 20.9. The van der Waals surface area contributed by atoms with E-state index < -0.39 is 84.2 Å². The minimum atomic E-state index is -1.21. The van der Waals surface area contributed by atoms with Crippen molar-refractivity contribution in [1.29, 1.82) is 0 Å². The van der Waals surface area contributed by atoms with Crippen molar-refractivity contribution in [2.45, 2.75) is 182 Å². The van der Waals surface area contributed by atoms with Crippen LogP contribution in [0, 0.1) is 47.3 Å². The van der Waals surface area contributed by atoms with Crippen molar-refractivity contribution < 1.29 is 47.8 Å². The molecule has 0 aromatic carbocycles. The minimum Gasteiger partial charge on any atom is -0.465 e. The number of carbonyl (C=O) groups excluding carboxylic acids is 8. The number of ketones is 3. The molecule has 2 saturated carbocycles. The Bertz CT molecular complexity index is 1580. The van der Waals surface area contributed by atoms with Gasteiger partial charge in [0.25, 0.3) is 0 Å². The van der Waals surface area contributed by atoms with Gasteiger partial charge in [-0.05, 0) is 62.2 Å². The SMILES string of the molecule is CCCCNC(=O)C(CC(=O)CC(CC(=O)C(CC(=O)CC(CC)C(=O)OCC1CCC(CCCC)CC1)CC(=O)OCC1CCC(CCCC)CC1)C(=O)NCCNCCN)CC(=O)NCCNCCN. The molecule has 4 unspecified atom stereocenters. The van der Waals surface area contributed by atoms with Crippen molar-refractivity contribution in [2.75, 3.05) is 72.1 Å². The van der Waals surface area contributed by atoms with Gasteiger partial charge in [-0.2, -0.15) is 0 Å². The first kappa shape index (κ1) is 64.3. The highest BCUT2D eigenvalue weighted by atomic mass is 16.5. The highest BCUT2D eigenvalue weighted by Crippen LogP contribution is 2.34. The number of esters is 2. The Labute approximate surface area is 432 Å². The molecule has 17 heteroatoms. The van der Waals surface area contributed by atoms with E-state index in [2.05, 4.69) is 40.4 Å². The van der Waals surface area contributed by atoms with E-state index in [-0.39, 0.29) is 56.5 Å². The Balaban J connectivity index is 2.29. The quantitative estimate of drug-likeness (QED) is 0.0289. The summed E-state index contributed by atoms with van der Waals surface area (Å²) in [5.74, 6) is -6.22. The predicted molar refractivity (Wildman–Crippen MR) is 281 cm³/mol. The molecule has 0 spiro atoms. The lowest BCUT2D eigenvalue weighted by molar-refractivity contribution is -0.152. The number of ether oxygens (including phenoxy) is 2. The maximum Gasteiger partial charge on any atom is 0.309 e. The molecule has 0 saturated heterocycles. The van der Waals surface area contributed by atoms with Gasteiger partial charge in [-0.3, -0.25) is 38.4 Å². The topological polar surface area (TPSA) is 267 Å². The minimum absolute atomic E-state index is 0.170. The third-order valence-corrected chi connectivity index (χ3v) is 14.7. The van der Waals surface area contributed by atoms with Crippen LogP contribution in [0.3, 0.4) is 0 Å². The summed E-state index contributed by atoms with van der Waals surface area (Å²) in [7, 11) is 0. The molecule has 414 valence electrons. The van der Waals surface area contributed by atoms with Gasteiger partial charge in [-0.25, -0.2) is 0 Å². The van der Waals surface area contributed by atoms with E-state index in [1.807, 2.05) is 13.8 Å². The van der Waals surface area contributed by atoms with E-state index in [4.69, 9.17) is 20.9 Å². The van der Waals surface area contributed by atoms with Crippen molar-refractivity contribution in [3.63, 3.8) is 0 Å². The van der Waals surface area contributed by atoms with Crippen molar-refractivity contribution in [2.24, 2.45) is 58.8 Å². The fourth-order valence-corrected chi connectivity index (χ4v) is 10.0. The van der Waals surface area contributed by atoms with Gasteiger partial charge < -0.3 is 47.5 Å². The standard InChI is InChI=1S/C55H99N7O10/c1-5-9-12-40-14-18-42(19-15-40)38-71-52(67)37-45(32-48(63)31-44(8-4)55(70)72-39-43-20-16-41(17-21-43)13-10-6-2)50(65)35-46(53(68)62-30-28-59-26-23-57)33-49(64)34-47(54(69)61-24-11-7-3)36-51(66)60-29-27-58-25-22-56/h40-47,58-59H,5-39,56-57H2,1-4H3,(H,60,66)(H,61,69)(H,62,68). The third kappa shape index (κ3) is 28.6. The summed E-state index contributed by atoms with van der Waals surface area (Å²) in [5, 5.41) is 14.6. The van der Waals surface area contributed by atoms with Gasteiger partial charge in [0.15, 0.2) is 0 Å². The molecule has 2 fully saturated rings. The predicted octanol–water partition coefficient (Wildman–Crippen LogP) is 5.62. The molecule has 0 aromatic rings. The van der Waals surface area contributed by atoms with Crippen LogP contribution in [0.1, 0.15) is 182 Å². The van der Waals surface area contributed by atoms with Crippen molar-refractivity contribution in [3.05, 3.63) is 0 Å². The monoisotopic (exact) mass is 1020 g/mol. The molecule has 17 nitrogen and oxygen atoms in total. The molecule has 4 atom stereocenters. The Kier molecular flexibility index (Phi) is 35.4. The van der Waals surface area contributed by atoms with Crippen LogP contribution in [0.2, 0.25) is 0 Å². The molecular formula is C55H99N7O10. The third-order valence-electron chi connectivity index (χ3n) is 14.7. The van der Waals surface area contributed by atoms with E-state index in [9.17, 15) is 38.4 Å². The Morgan fingerprint density at radius 3 is 1.40 bits per heavy atom. The molecule has 0 heterocycles. The number of amides is 3. The van der Waals surface area contributed by atoms with E-state index >= 15 is 0 Å². The molecule has 3 amide bonds. The molecule has 2 aliphatic carbocycles. The fourth-order valence-electron chi connectivity index (χ4n) is 10.0. The molecule has 72 heavy (non-hydrogen) atoms. The highest BCUT2D eigenvalue weighted by molar-refractivity contribution is 5.96. The molecule has 2 rings (SSSR count). The number of hydrogen-bond acceptors (Lipinski definition) is 14. The number of nitrogens with two attached hydrogens (primary N) is 2. The highest BCUT2D eigenvalue weighted by Gasteiger charge is 2.35. The summed E-state index contributed by atoms with van der Waals surface area (Å²) in [4.78, 5) is 110. The van der Waals surface area contributed by atoms with Crippen LogP contribution in [-0.2, 0) is 47.8 Å². The summed E-state index contributed by atoms with van der Waals surface area (Å²) in [6.07, 6.45) is 15.0. The van der Waals surface area contributed by atoms with Gasteiger partial charge in [-0.1, -0.05) is 98.3 Å². The molecule has 9 N–H and O–H groups in total. The van der Waals surface area contributed by atoms with Crippen LogP contribution in [0.25, 0.3) is 0 Å². The second kappa shape index (κ2) is 39.6. The maximum atomic E-state index is 14.5. The van der Waals surface area contributed by atoms with Gasteiger partial charge in [0, 0.05) is 103 Å². The van der Waals surface area contributed by atoms with Gasteiger partial charge in [0.2, 0.25) is 17.7 Å². The zero-order chi connectivity index (χ0) is 52.9. The fraction of sp³-hybridized carbons (Fsp3) is 0.855. The lowest BCUT2D eigenvalue weighted by atomic mass is 9.80. The average Bonchev–Trinajstić information content (AvgIpc) is 3.37. The van der Waals surface area contributed by atoms with Crippen LogP contribution in [-0.4, -0.2) is 119 Å². The van der Waals surface area contributed by atoms with Gasteiger partial charge in [-0.15, -0.1) is 0 Å². The number of Topliss-reactive ketones (excluding diaryl/α,β-unsaturated/α-hetero) is 3. The molecule has 0 aromatic heterocycles. The van der Waals surface area contributed by atoms with Gasteiger partial charge in [0.05, 0.1) is 37.4 Å². The zero-order valence-corrected chi connectivity index (χ0v) is 45.1. The van der Waals surface area contributed by atoms with E-state index in [1.165, 1.54) is 32.1 Å². The van der Waals surface area contributed by atoms with Crippen LogP contribution < -0.4 is 38.1 Å². The van der Waals surface area contributed by atoms with Crippen molar-refractivity contribution in [1.82, 2.24) is 26.6 Å². The normalized spacial score (nSPS) is 19.5. The van der Waals surface area contributed by atoms with Gasteiger partial charge in [0.1, 0.15) is 17.3 Å². The van der Waals surface area contributed by atoms with Crippen LogP contribution >= 0.6 is 0 Å². The molecule has 0 bridgehead atoms. The number of rotatable bonds is 42. The summed E-state index contributed by atoms with van der Waals surface area (Å²) in [6.45, 7) is 12.3. The Hall–Kier alpha value is -3.80.